The number of benzene rings is 2. The van der Waals surface area contributed by atoms with Crippen LogP contribution >= 0.6 is 0 Å². The Bertz CT molecular complexity index is 1020. The first-order valence-corrected chi connectivity index (χ1v) is 12.2. The van der Waals surface area contributed by atoms with Crippen LogP contribution in [0.1, 0.15) is 43.4 Å². The van der Waals surface area contributed by atoms with Gasteiger partial charge in [0.25, 0.3) is 0 Å². The zero-order chi connectivity index (χ0) is 25.5. The molecular weight excluding hydrogens is 444 g/mol. The minimum atomic E-state index is -0.412. The number of carbonyl (C=O) groups is 2. The Balaban J connectivity index is 1.80. The van der Waals surface area contributed by atoms with Gasteiger partial charge in [0.05, 0.1) is 7.05 Å². The number of ether oxygens (including phenoxy) is 2. The predicted molar refractivity (Wildman–Crippen MR) is 136 cm³/mol. The van der Waals surface area contributed by atoms with Crippen LogP contribution in [0.4, 0.5) is 15.3 Å². The van der Waals surface area contributed by atoms with Crippen LogP contribution in [0.15, 0.2) is 42.5 Å². The predicted octanol–water partition coefficient (Wildman–Crippen LogP) is 3.70. The van der Waals surface area contributed by atoms with Gasteiger partial charge < -0.3 is 29.1 Å². The number of nitrogens with one attached hydrogen (secondary N) is 1. The Hall–Kier alpha value is -3.10. The second-order valence-electron chi connectivity index (χ2n) is 9.71. The van der Waals surface area contributed by atoms with E-state index >= 15 is 0 Å². The van der Waals surface area contributed by atoms with E-state index in [1.54, 1.807) is 25.1 Å². The van der Waals surface area contributed by atoms with Crippen molar-refractivity contribution in [1.29, 1.82) is 0 Å². The normalized spacial score (nSPS) is 15.5. The van der Waals surface area contributed by atoms with Crippen LogP contribution in [-0.2, 0) is 6.54 Å². The van der Waals surface area contributed by atoms with Crippen LogP contribution in [-0.4, -0.2) is 75.2 Å². The van der Waals surface area contributed by atoms with E-state index in [1.165, 1.54) is 4.90 Å². The third-order valence-electron chi connectivity index (χ3n) is 6.43. The molecule has 0 aromatic heterocycles. The van der Waals surface area contributed by atoms with Crippen molar-refractivity contribution in [2.24, 2.45) is 0 Å². The van der Waals surface area contributed by atoms with E-state index in [2.05, 4.69) is 24.9 Å². The monoisotopic (exact) mass is 483 g/mol. The van der Waals surface area contributed by atoms with Crippen molar-refractivity contribution < 1.29 is 24.0 Å². The molecule has 1 aliphatic rings. The number of rotatable bonds is 7. The average Bonchev–Trinajstić information content (AvgIpc) is 2.83. The van der Waals surface area contributed by atoms with E-state index in [1.807, 2.05) is 44.4 Å². The molecule has 2 amide bonds. The average molecular weight is 484 g/mol. The summed E-state index contributed by atoms with van der Waals surface area (Å²) < 4.78 is 11.3. The standard InChI is InChI=1S/C27H38N4O4/c1-20(28(2)3)22-15-21(16-25(17-22)35-27(33)31-13-8-7-9-14-31)19-30(6)23-11-10-12-24(18-23)34-26(32)29(4)5/h10-12,15-18,20H,7-9,13-14,19H2,1-6H3/p+1. The number of nitrogens with zero attached hydrogens (tertiary/aromatic N) is 3. The Kier molecular flexibility index (Phi) is 9.12. The highest BCUT2D eigenvalue weighted by atomic mass is 16.6. The van der Waals surface area contributed by atoms with Gasteiger partial charge in [0, 0.05) is 44.9 Å². The van der Waals surface area contributed by atoms with Gasteiger partial charge in [-0.15, -0.1) is 0 Å². The Labute approximate surface area is 209 Å². The lowest BCUT2D eigenvalue weighted by atomic mass is 10.0. The molecule has 1 N–H and O–H groups in total. The van der Waals surface area contributed by atoms with Crippen LogP contribution in [0.25, 0.3) is 0 Å². The number of amides is 2. The minimum Gasteiger partial charge on any atom is -0.410 e. The van der Waals surface area contributed by atoms with E-state index in [0.717, 1.165) is 54.1 Å². The van der Waals surface area contributed by atoms with E-state index < -0.39 is 6.09 Å². The van der Waals surface area contributed by atoms with Gasteiger partial charge in [0.1, 0.15) is 23.7 Å². The van der Waals surface area contributed by atoms with Crippen LogP contribution in [0, 0.1) is 0 Å². The van der Waals surface area contributed by atoms with E-state index in [-0.39, 0.29) is 12.1 Å². The molecule has 35 heavy (non-hydrogen) atoms. The summed E-state index contributed by atoms with van der Waals surface area (Å²) in [6.07, 6.45) is 2.52. The summed E-state index contributed by atoms with van der Waals surface area (Å²) in [5.74, 6) is 1.08. The summed E-state index contributed by atoms with van der Waals surface area (Å²) in [6.45, 7) is 4.31. The van der Waals surface area contributed by atoms with Gasteiger partial charge in [-0.1, -0.05) is 6.07 Å². The molecule has 2 aromatic carbocycles. The van der Waals surface area contributed by atoms with Crippen molar-refractivity contribution in [3.05, 3.63) is 53.6 Å². The molecule has 1 saturated heterocycles. The van der Waals surface area contributed by atoms with Crippen molar-refractivity contribution in [2.75, 3.05) is 48.3 Å². The van der Waals surface area contributed by atoms with Crippen molar-refractivity contribution in [3.63, 3.8) is 0 Å². The quantitative estimate of drug-likeness (QED) is 0.651. The van der Waals surface area contributed by atoms with Gasteiger partial charge in [0.2, 0.25) is 0 Å². The lowest BCUT2D eigenvalue weighted by Crippen LogP contribution is -3.02. The summed E-state index contributed by atoms with van der Waals surface area (Å²) in [7, 11) is 9.44. The van der Waals surface area contributed by atoms with E-state index in [9.17, 15) is 9.59 Å². The van der Waals surface area contributed by atoms with Crippen LogP contribution in [0.2, 0.25) is 0 Å². The molecule has 8 heteroatoms. The Morgan fingerprint density at radius 1 is 0.971 bits per heavy atom. The van der Waals surface area contributed by atoms with Crippen LogP contribution in [0.5, 0.6) is 11.5 Å². The highest BCUT2D eigenvalue weighted by molar-refractivity contribution is 5.71. The molecular formula is C27H39N4O4+. The van der Waals surface area contributed by atoms with Crippen molar-refractivity contribution >= 4 is 17.9 Å². The molecule has 1 aliphatic heterocycles. The highest BCUT2D eigenvalue weighted by Gasteiger charge is 2.21. The zero-order valence-corrected chi connectivity index (χ0v) is 21.8. The Morgan fingerprint density at radius 2 is 1.69 bits per heavy atom. The highest BCUT2D eigenvalue weighted by Crippen LogP contribution is 2.26. The summed E-state index contributed by atoms with van der Waals surface area (Å²) in [4.78, 5) is 31.1. The molecule has 0 aliphatic carbocycles. The summed E-state index contributed by atoms with van der Waals surface area (Å²) in [5, 5.41) is 0. The number of hydrogen-bond donors (Lipinski definition) is 1. The van der Waals surface area contributed by atoms with Gasteiger partial charge in [-0.2, -0.15) is 0 Å². The van der Waals surface area contributed by atoms with E-state index in [0.29, 0.717) is 18.0 Å². The number of quaternary nitrogens is 1. The molecule has 0 saturated carbocycles. The molecule has 0 spiro atoms. The molecule has 1 fully saturated rings. The fourth-order valence-corrected chi connectivity index (χ4v) is 4.05. The smallest absolute Gasteiger partial charge is 0.410 e. The molecule has 8 nitrogen and oxygen atoms in total. The second-order valence-corrected chi connectivity index (χ2v) is 9.71. The van der Waals surface area contributed by atoms with Crippen molar-refractivity contribution in [3.8, 4) is 11.5 Å². The fourth-order valence-electron chi connectivity index (χ4n) is 4.05. The maximum Gasteiger partial charge on any atom is 0.415 e. The van der Waals surface area contributed by atoms with Gasteiger partial charge in [-0.3, -0.25) is 0 Å². The maximum absolute atomic E-state index is 12.8. The van der Waals surface area contributed by atoms with Crippen molar-refractivity contribution in [1.82, 2.24) is 14.7 Å². The number of carbonyl (C=O) groups excluding carboxylic acids is 2. The van der Waals surface area contributed by atoms with Crippen LogP contribution < -0.4 is 14.4 Å². The molecule has 2 aromatic rings. The van der Waals surface area contributed by atoms with E-state index in [4.69, 9.17) is 9.47 Å². The second kappa shape index (κ2) is 12.0. The van der Waals surface area contributed by atoms with Crippen molar-refractivity contribution in [2.45, 2.75) is 38.8 Å². The third-order valence-corrected chi connectivity index (χ3v) is 6.43. The number of piperidine rings is 1. The topological polar surface area (TPSA) is 66.8 Å². The molecule has 2 unspecified atom stereocenters. The first-order valence-electron chi connectivity index (χ1n) is 12.2. The maximum atomic E-state index is 12.8. The molecule has 1 heterocycles. The lowest BCUT2D eigenvalue weighted by molar-refractivity contribution is -0.825. The first-order chi connectivity index (χ1) is 16.6. The molecule has 190 valence electrons. The summed E-state index contributed by atoms with van der Waals surface area (Å²) >= 11 is 0. The first kappa shape index (κ1) is 26.5. The minimum absolute atomic E-state index is 0.163. The number of likely N-dealkylation sites (tertiary alicyclic amines) is 1. The van der Waals surface area contributed by atoms with Crippen LogP contribution in [0.3, 0.4) is 0 Å². The summed E-state index contributed by atoms with van der Waals surface area (Å²) in [5.41, 5.74) is 3.15. The van der Waals surface area contributed by atoms with Gasteiger partial charge in [-0.25, -0.2) is 9.59 Å². The van der Waals surface area contributed by atoms with Gasteiger partial charge in [-0.05, 0) is 76.2 Å². The van der Waals surface area contributed by atoms with Gasteiger partial charge in [0.15, 0.2) is 0 Å². The molecule has 0 radical (unpaired) electrons. The fraction of sp³-hybridized carbons (Fsp3) is 0.481. The lowest BCUT2D eigenvalue weighted by Gasteiger charge is -2.26. The molecule has 0 bridgehead atoms. The zero-order valence-electron chi connectivity index (χ0n) is 21.8. The SMILES string of the molecule is CC(c1cc(C[NH+](C)c2cccc(OC(=O)N(C)C)c2)cc(OC(=O)N2CCCCC2)c1)N(C)C. The Morgan fingerprint density at radius 3 is 2.34 bits per heavy atom. The largest absolute Gasteiger partial charge is 0.415 e. The van der Waals surface area contributed by atoms with Gasteiger partial charge >= 0.3 is 12.2 Å². The summed E-state index contributed by atoms with van der Waals surface area (Å²) in [6, 6.07) is 13.8. The molecule has 3 rings (SSSR count). The third kappa shape index (κ3) is 7.44. The molecule has 2 atom stereocenters. The number of hydrogen-bond acceptors (Lipinski definition) is 5.